The predicted octanol–water partition coefficient (Wildman–Crippen LogP) is 4.10. The van der Waals surface area contributed by atoms with E-state index >= 15 is 0 Å². The fourth-order valence-corrected chi connectivity index (χ4v) is 5.57. The Hall–Kier alpha value is -3.60. The molecule has 0 aliphatic carbocycles. The van der Waals surface area contributed by atoms with Crippen LogP contribution < -0.4 is 15.1 Å². The largest absolute Gasteiger partial charge is 0.444 e. The van der Waals surface area contributed by atoms with Crippen molar-refractivity contribution in [1.29, 1.82) is 0 Å². The highest BCUT2D eigenvalue weighted by atomic mass is 35.5. The maximum atomic E-state index is 13.2. The summed E-state index contributed by atoms with van der Waals surface area (Å²) in [6.45, 7) is 14.4. The van der Waals surface area contributed by atoms with Gasteiger partial charge in [0, 0.05) is 38.9 Å². The summed E-state index contributed by atoms with van der Waals surface area (Å²) in [5.41, 5.74) is 0.606. The molecule has 2 saturated heterocycles. The Labute approximate surface area is 245 Å². The van der Waals surface area contributed by atoms with Crippen molar-refractivity contribution >= 4 is 41.0 Å². The summed E-state index contributed by atoms with van der Waals surface area (Å²) in [4.78, 5) is 45.6. The van der Waals surface area contributed by atoms with E-state index in [-0.39, 0.29) is 24.0 Å². The van der Waals surface area contributed by atoms with E-state index in [1.54, 1.807) is 17.3 Å². The summed E-state index contributed by atoms with van der Waals surface area (Å²) in [5, 5.41) is 3.64. The molecule has 5 rings (SSSR count). The van der Waals surface area contributed by atoms with Gasteiger partial charge in [0.1, 0.15) is 16.3 Å². The van der Waals surface area contributed by atoms with Gasteiger partial charge in [-0.05, 0) is 53.2 Å². The van der Waals surface area contributed by atoms with E-state index in [1.165, 1.54) is 0 Å². The van der Waals surface area contributed by atoms with Crippen LogP contribution in [-0.2, 0) is 15.1 Å². The second-order valence-electron chi connectivity index (χ2n) is 12.3. The lowest BCUT2D eigenvalue weighted by atomic mass is 9.95. The molecule has 2 fully saturated rings. The van der Waals surface area contributed by atoms with Gasteiger partial charge in [0.05, 0.1) is 35.6 Å². The lowest BCUT2D eigenvalue weighted by Gasteiger charge is -2.42. The van der Waals surface area contributed by atoms with Gasteiger partial charge < -0.3 is 29.2 Å². The highest BCUT2D eigenvalue weighted by Crippen LogP contribution is 2.32. The van der Waals surface area contributed by atoms with Crippen molar-refractivity contribution < 1.29 is 14.3 Å². The molecule has 3 aromatic rings. The third kappa shape index (κ3) is 6.05. The molecular weight excluding hydrogens is 544 g/mol. The third-order valence-corrected chi connectivity index (χ3v) is 7.89. The van der Waals surface area contributed by atoms with Gasteiger partial charge in [0.2, 0.25) is 11.9 Å². The number of imidazole rings is 1. The molecule has 2 aliphatic rings. The van der Waals surface area contributed by atoms with E-state index in [1.807, 2.05) is 68.3 Å². The van der Waals surface area contributed by atoms with E-state index < -0.39 is 11.1 Å². The third-order valence-electron chi connectivity index (χ3n) is 7.62. The fraction of sp³-hybridized carbons (Fsp3) is 0.552. The minimum atomic E-state index is -0.602. The molecule has 2 amide bonds. The first-order valence-electron chi connectivity index (χ1n) is 14.1. The number of carbonyl (C=O) groups excluding carboxylic acids is 2. The van der Waals surface area contributed by atoms with Gasteiger partial charge in [0.25, 0.3) is 0 Å². The van der Waals surface area contributed by atoms with Gasteiger partial charge in [0.15, 0.2) is 5.82 Å². The maximum Gasteiger partial charge on any atom is 0.410 e. The Balaban J connectivity index is 1.21. The number of rotatable bonds is 6. The first-order valence-corrected chi connectivity index (χ1v) is 14.5. The summed E-state index contributed by atoms with van der Waals surface area (Å²) in [5.74, 6) is 0.967. The lowest BCUT2D eigenvalue weighted by Crippen LogP contribution is -2.57. The second-order valence-corrected chi connectivity index (χ2v) is 12.7. The van der Waals surface area contributed by atoms with Gasteiger partial charge in [-0.1, -0.05) is 24.6 Å². The van der Waals surface area contributed by atoms with E-state index in [0.29, 0.717) is 49.5 Å². The number of hydrogen-bond acceptors (Lipinski definition) is 8. The molecule has 0 bridgehead atoms. The molecule has 0 aromatic carbocycles. The number of halogens is 1. The lowest BCUT2D eigenvalue weighted by molar-refractivity contribution is -0.127. The number of amides is 2. The zero-order valence-corrected chi connectivity index (χ0v) is 25.4. The quantitative estimate of drug-likeness (QED) is 0.463. The zero-order valence-electron chi connectivity index (χ0n) is 24.6. The number of anilines is 2. The highest BCUT2D eigenvalue weighted by Gasteiger charge is 2.39. The van der Waals surface area contributed by atoms with Crippen LogP contribution >= 0.6 is 11.6 Å². The molecule has 0 saturated carbocycles. The predicted molar refractivity (Wildman–Crippen MR) is 158 cm³/mol. The number of nitrogens with one attached hydrogen (secondary N) is 1. The summed E-state index contributed by atoms with van der Waals surface area (Å²) in [6.07, 6.45) is 5.86. The van der Waals surface area contributed by atoms with Crippen LogP contribution in [0.5, 0.6) is 0 Å². The molecule has 0 spiro atoms. The molecule has 41 heavy (non-hydrogen) atoms. The first kappa shape index (κ1) is 28.9. The summed E-state index contributed by atoms with van der Waals surface area (Å²) < 4.78 is 7.61. The van der Waals surface area contributed by atoms with Gasteiger partial charge in [-0.15, -0.1) is 0 Å². The van der Waals surface area contributed by atoms with Crippen molar-refractivity contribution in [3.05, 3.63) is 47.5 Å². The van der Waals surface area contributed by atoms with Crippen molar-refractivity contribution in [2.75, 3.05) is 42.5 Å². The minimum absolute atomic E-state index is 0.0188. The van der Waals surface area contributed by atoms with Gasteiger partial charge >= 0.3 is 6.09 Å². The SMILES string of the molecule is CCC1CN(c2ncc(Cl)c(N3CC(C(=O)NC(C)(C)c4cnc5ccccn45)C3)n2)CCN1C(=O)OC(C)(C)C. The van der Waals surface area contributed by atoms with Gasteiger partial charge in [-0.25, -0.2) is 14.8 Å². The molecule has 0 radical (unpaired) electrons. The monoisotopic (exact) mass is 582 g/mol. The second kappa shape index (κ2) is 11.0. The van der Waals surface area contributed by atoms with E-state index in [2.05, 4.69) is 27.1 Å². The van der Waals surface area contributed by atoms with Gasteiger partial charge in [-0.3, -0.25) is 4.79 Å². The summed E-state index contributed by atoms with van der Waals surface area (Å²) in [7, 11) is 0. The van der Waals surface area contributed by atoms with Crippen molar-refractivity contribution in [3.63, 3.8) is 0 Å². The van der Waals surface area contributed by atoms with E-state index in [9.17, 15) is 9.59 Å². The average molecular weight is 583 g/mol. The fourth-order valence-electron chi connectivity index (χ4n) is 5.36. The Kier molecular flexibility index (Phi) is 7.76. The molecule has 12 heteroatoms. The number of nitrogens with zero attached hydrogens (tertiary/aromatic N) is 7. The molecule has 3 aromatic heterocycles. The van der Waals surface area contributed by atoms with Crippen LogP contribution in [0, 0.1) is 5.92 Å². The molecule has 1 unspecified atom stereocenters. The smallest absolute Gasteiger partial charge is 0.410 e. The van der Waals surface area contributed by atoms with Crippen molar-refractivity contribution in [1.82, 2.24) is 29.6 Å². The molecular formula is C29H39ClN8O3. The van der Waals surface area contributed by atoms with Crippen LogP contribution in [0.1, 0.15) is 53.7 Å². The van der Waals surface area contributed by atoms with E-state index in [0.717, 1.165) is 17.8 Å². The first-order chi connectivity index (χ1) is 19.4. The van der Waals surface area contributed by atoms with Crippen molar-refractivity contribution in [3.8, 4) is 0 Å². The van der Waals surface area contributed by atoms with Crippen LogP contribution in [0.2, 0.25) is 5.02 Å². The molecule has 2 aliphatic heterocycles. The van der Waals surface area contributed by atoms with Crippen LogP contribution in [0.4, 0.5) is 16.6 Å². The Morgan fingerprint density at radius 1 is 1.05 bits per heavy atom. The Bertz CT molecular complexity index is 1430. The maximum absolute atomic E-state index is 13.2. The van der Waals surface area contributed by atoms with E-state index in [4.69, 9.17) is 21.3 Å². The highest BCUT2D eigenvalue weighted by molar-refractivity contribution is 6.32. The molecule has 11 nitrogen and oxygen atoms in total. The topological polar surface area (TPSA) is 108 Å². The number of hydrogen-bond donors (Lipinski definition) is 1. The molecule has 1 atom stereocenters. The molecule has 220 valence electrons. The van der Waals surface area contributed by atoms with Crippen LogP contribution in [0.15, 0.2) is 36.8 Å². The number of piperazine rings is 1. The van der Waals surface area contributed by atoms with Crippen LogP contribution in [0.25, 0.3) is 5.65 Å². The van der Waals surface area contributed by atoms with Crippen LogP contribution in [0.3, 0.4) is 0 Å². The standard InChI is InChI=1S/C29H39ClN8O3/c1-7-20-18-35(12-13-37(20)27(40)41-28(2,3)4)26-32-14-21(30)24(33-26)36-16-19(17-36)25(39)34-29(5,6)22-15-31-23-10-8-9-11-38(22)23/h8-11,14-15,19-20H,7,12-13,16-18H2,1-6H3,(H,34,39). The van der Waals surface area contributed by atoms with Crippen molar-refractivity contribution in [2.45, 2.75) is 65.1 Å². The molecule has 1 N–H and O–H groups in total. The number of fused-ring (bicyclic) bond motifs is 1. The number of aromatic nitrogens is 4. The number of ether oxygens (including phenoxy) is 1. The minimum Gasteiger partial charge on any atom is -0.444 e. The number of carbonyl (C=O) groups is 2. The summed E-state index contributed by atoms with van der Waals surface area (Å²) >= 11 is 6.52. The summed E-state index contributed by atoms with van der Waals surface area (Å²) in [6, 6.07) is 5.81. The molecule has 5 heterocycles. The van der Waals surface area contributed by atoms with Crippen molar-refractivity contribution in [2.24, 2.45) is 5.92 Å². The average Bonchev–Trinajstić information content (AvgIpc) is 3.32. The normalized spacial score (nSPS) is 18.4. The Morgan fingerprint density at radius 3 is 2.51 bits per heavy atom. The van der Waals surface area contributed by atoms with Crippen LogP contribution in [-0.4, -0.2) is 80.6 Å². The van der Waals surface area contributed by atoms with Gasteiger partial charge in [-0.2, -0.15) is 4.98 Å². The zero-order chi connectivity index (χ0) is 29.5. The number of pyridine rings is 1. The Morgan fingerprint density at radius 2 is 1.80 bits per heavy atom.